The van der Waals surface area contributed by atoms with Crippen LogP contribution in [0, 0.1) is 11.3 Å². The van der Waals surface area contributed by atoms with Crippen LogP contribution >= 0.6 is 0 Å². The molecule has 2 aromatic carbocycles. The van der Waals surface area contributed by atoms with Crippen molar-refractivity contribution in [3.05, 3.63) is 71.9 Å². The van der Waals surface area contributed by atoms with Crippen LogP contribution in [0.5, 0.6) is 0 Å². The molecule has 0 bridgehead atoms. The first-order valence-corrected chi connectivity index (χ1v) is 14.1. The van der Waals surface area contributed by atoms with Gasteiger partial charge in [-0.25, -0.2) is 13.1 Å². The molecule has 0 atom stereocenters. The molecule has 8 nitrogen and oxygen atoms in total. The molecule has 3 heterocycles. The van der Waals surface area contributed by atoms with Gasteiger partial charge in [-0.3, -0.25) is 4.79 Å². The lowest BCUT2D eigenvalue weighted by atomic mass is 10.0. The van der Waals surface area contributed by atoms with Crippen LogP contribution in [-0.4, -0.2) is 59.5 Å². The quantitative estimate of drug-likeness (QED) is 0.361. The van der Waals surface area contributed by atoms with E-state index < -0.39 is 10.0 Å². The van der Waals surface area contributed by atoms with Crippen molar-refractivity contribution in [3.63, 3.8) is 0 Å². The summed E-state index contributed by atoms with van der Waals surface area (Å²) in [5, 5.41) is 14.6. The van der Waals surface area contributed by atoms with E-state index in [9.17, 15) is 18.5 Å². The molecule has 0 unspecified atom stereocenters. The zero-order chi connectivity index (χ0) is 25.8. The molecule has 2 fully saturated rings. The number of hydrogen-bond donors (Lipinski definition) is 0. The predicted octanol–water partition coefficient (Wildman–Crippen LogP) is 4.24. The highest BCUT2D eigenvalue weighted by molar-refractivity contribution is 7.89. The summed E-state index contributed by atoms with van der Waals surface area (Å²) in [6.45, 7) is 2.33. The highest BCUT2D eigenvalue weighted by Gasteiger charge is 2.28. The van der Waals surface area contributed by atoms with Gasteiger partial charge >= 0.3 is 0 Å². The molecule has 3 aromatic rings. The lowest BCUT2D eigenvalue weighted by Crippen LogP contribution is -2.36. The van der Waals surface area contributed by atoms with Gasteiger partial charge in [-0.2, -0.15) is 14.7 Å². The van der Waals surface area contributed by atoms with Gasteiger partial charge in [0, 0.05) is 43.5 Å². The Balaban J connectivity index is 1.58. The number of para-hydroxylation sites is 1. The van der Waals surface area contributed by atoms with Crippen LogP contribution in [0.1, 0.15) is 37.7 Å². The predicted molar refractivity (Wildman–Crippen MR) is 141 cm³/mol. The number of benzene rings is 2. The molecule has 1 amide bonds. The maximum absolute atomic E-state index is 13.2. The van der Waals surface area contributed by atoms with E-state index in [0.717, 1.165) is 37.8 Å². The third-order valence-electron chi connectivity index (χ3n) is 6.87. The molecule has 2 aliphatic rings. The maximum atomic E-state index is 13.2. The molecular formula is C28H29N5O3S. The van der Waals surface area contributed by atoms with Gasteiger partial charge < -0.3 is 4.90 Å². The standard InChI is InChI=1S/C28H29N5O3S/c29-20-23(28(34)31-14-5-2-6-15-31)18-24-21-33(25-11-3-1-4-12-25)30-27(24)22-10-9-13-26(19-22)37(35,36)32-16-7-8-17-32/h1,3-4,9-13,18-19,21H,2,5-8,14-17H2/b23-18-. The SMILES string of the molecule is N#C/C(=C/c1cn(-c2ccccc2)nc1-c1cccc(S(=O)(=O)N2CCCC2)c1)C(=O)N1CCCCC1. The van der Waals surface area contributed by atoms with Gasteiger partial charge in [0.2, 0.25) is 10.0 Å². The highest BCUT2D eigenvalue weighted by atomic mass is 32.2. The fourth-order valence-electron chi connectivity index (χ4n) is 4.88. The smallest absolute Gasteiger partial charge is 0.264 e. The second-order valence-corrected chi connectivity index (χ2v) is 11.3. The summed E-state index contributed by atoms with van der Waals surface area (Å²) in [7, 11) is -3.61. The number of nitriles is 1. The Hall–Kier alpha value is -3.74. The van der Waals surface area contributed by atoms with Gasteiger partial charge in [-0.1, -0.05) is 30.3 Å². The number of amides is 1. The zero-order valence-electron chi connectivity index (χ0n) is 20.6. The van der Waals surface area contributed by atoms with Gasteiger partial charge in [-0.05, 0) is 62.4 Å². The first kappa shape index (κ1) is 24.9. The minimum atomic E-state index is -3.61. The summed E-state index contributed by atoms with van der Waals surface area (Å²) in [5.74, 6) is -0.286. The van der Waals surface area contributed by atoms with Crippen LogP contribution < -0.4 is 0 Å². The second kappa shape index (κ2) is 10.7. The summed E-state index contributed by atoms with van der Waals surface area (Å²) in [6, 6.07) is 18.3. The van der Waals surface area contributed by atoms with Crippen LogP contribution in [0.15, 0.2) is 71.3 Å². The molecule has 37 heavy (non-hydrogen) atoms. The van der Waals surface area contributed by atoms with Gasteiger partial charge in [-0.15, -0.1) is 0 Å². The van der Waals surface area contributed by atoms with Crippen molar-refractivity contribution in [2.45, 2.75) is 37.0 Å². The van der Waals surface area contributed by atoms with E-state index in [-0.39, 0.29) is 16.4 Å². The van der Waals surface area contributed by atoms with Crippen LogP contribution in [-0.2, 0) is 14.8 Å². The molecule has 1 aromatic heterocycles. The Labute approximate surface area is 217 Å². The number of carbonyl (C=O) groups is 1. The van der Waals surface area contributed by atoms with Gasteiger partial charge in [0.1, 0.15) is 17.3 Å². The first-order valence-electron chi connectivity index (χ1n) is 12.6. The number of nitrogens with zero attached hydrogens (tertiary/aromatic N) is 5. The van der Waals surface area contributed by atoms with Crippen LogP contribution in [0.3, 0.4) is 0 Å². The molecule has 0 radical (unpaired) electrons. The molecule has 5 rings (SSSR count). The molecule has 0 aliphatic carbocycles. The monoisotopic (exact) mass is 515 g/mol. The summed E-state index contributed by atoms with van der Waals surface area (Å²) in [5.41, 5.74) is 2.52. The van der Waals surface area contributed by atoms with Crippen LogP contribution in [0.2, 0.25) is 0 Å². The molecule has 0 spiro atoms. The summed E-state index contributed by atoms with van der Waals surface area (Å²) in [6.07, 6.45) is 8.00. The van der Waals surface area contributed by atoms with E-state index in [1.165, 1.54) is 4.31 Å². The average Bonchev–Trinajstić information content (AvgIpc) is 3.64. The number of piperidine rings is 1. The van der Waals surface area contributed by atoms with E-state index in [0.29, 0.717) is 43.0 Å². The lowest BCUT2D eigenvalue weighted by Gasteiger charge is -2.26. The Morgan fingerprint density at radius 2 is 1.62 bits per heavy atom. The van der Waals surface area contributed by atoms with Crippen LogP contribution in [0.4, 0.5) is 0 Å². The van der Waals surface area contributed by atoms with Crippen molar-refractivity contribution in [3.8, 4) is 23.0 Å². The Morgan fingerprint density at radius 3 is 2.32 bits per heavy atom. The van der Waals surface area contributed by atoms with Crippen molar-refractivity contribution in [1.29, 1.82) is 5.26 Å². The van der Waals surface area contributed by atoms with Crippen molar-refractivity contribution in [1.82, 2.24) is 19.0 Å². The Kier molecular flexibility index (Phi) is 7.22. The minimum Gasteiger partial charge on any atom is -0.338 e. The topological polar surface area (TPSA) is 99.3 Å². The van der Waals surface area contributed by atoms with E-state index in [1.54, 1.807) is 46.1 Å². The third-order valence-corrected chi connectivity index (χ3v) is 8.76. The normalized spacial score (nSPS) is 17.1. The third kappa shape index (κ3) is 5.22. The fraction of sp³-hybridized carbons (Fsp3) is 0.321. The van der Waals surface area contributed by atoms with Gasteiger partial charge in [0.15, 0.2) is 0 Å². The molecular weight excluding hydrogens is 486 g/mol. The van der Waals surface area contributed by atoms with Crippen molar-refractivity contribution in [2.24, 2.45) is 0 Å². The maximum Gasteiger partial charge on any atom is 0.264 e. The molecule has 2 aliphatic heterocycles. The van der Waals surface area contributed by atoms with E-state index >= 15 is 0 Å². The number of carbonyl (C=O) groups excluding carboxylic acids is 1. The molecule has 2 saturated heterocycles. The Bertz CT molecular complexity index is 1460. The number of aromatic nitrogens is 2. The number of rotatable bonds is 6. The first-order chi connectivity index (χ1) is 18.0. The van der Waals surface area contributed by atoms with E-state index in [4.69, 9.17) is 5.10 Å². The molecule has 9 heteroatoms. The zero-order valence-corrected chi connectivity index (χ0v) is 21.4. The second-order valence-electron chi connectivity index (χ2n) is 9.37. The average molecular weight is 516 g/mol. The summed E-state index contributed by atoms with van der Waals surface area (Å²) < 4.78 is 29.6. The number of hydrogen-bond acceptors (Lipinski definition) is 5. The van der Waals surface area contributed by atoms with Gasteiger partial charge in [0.25, 0.3) is 5.91 Å². The van der Waals surface area contributed by atoms with E-state index in [2.05, 4.69) is 6.07 Å². The van der Waals surface area contributed by atoms with E-state index in [1.807, 2.05) is 30.3 Å². The number of likely N-dealkylation sites (tertiary alicyclic amines) is 1. The van der Waals surface area contributed by atoms with Crippen molar-refractivity contribution >= 4 is 22.0 Å². The Morgan fingerprint density at radius 1 is 0.919 bits per heavy atom. The largest absolute Gasteiger partial charge is 0.338 e. The highest BCUT2D eigenvalue weighted by Crippen LogP contribution is 2.30. The minimum absolute atomic E-state index is 0.0385. The molecule has 190 valence electrons. The molecule has 0 N–H and O–H groups in total. The molecule has 0 saturated carbocycles. The lowest BCUT2D eigenvalue weighted by molar-refractivity contribution is -0.127. The summed E-state index contributed by atoms with van der Waals surface area (Å²) >= 11 is 0. The van der Waals surface area contributed by atoms with Gasteiger partial charge in [0.05, 0.1) is 10.6 Å². The fourth-order valence-corrected chi connectivity index (χ4v) is 6.44. The van der Waals surface area contributed by atoms with Crippen LogP contribution in [0.25, 0.3) is 23.0 Å². The van der Waals surface area contributed by atoms with Crippen molar-refractivity contribution < 1.29 is 13.2 Å². The van der Waals surface area contributed by atoms with Crippen molar-refractivity contribution in [2.75, 3.05) is 26.2 Å². The number of sulfonamides is 1. The summed E-state index contributed by atoms with van der Waals surface area (Å²) in [4.78, 5) is 15.0.